The van der Waals surface area contributed by atoms with E-state index in [1.54, 1.807) is 13.8 Å². The number of fused-ring (bicyclic) bond motifs is 1. The third kappa shape index (κ3) is 7.37. The number of sulfone groups is 1. The molecule has 3 rings (SSSR count). The molecule has 2 heterocycles. The van der Waals surface area contributed by atoms with Crippen LogP contribution in [0, 0.1) is 11.6 Å². The van der Waals surface area contributed by atoms with Crippen LogP contribution in [0.5, 0.6) is 0 Å². The van der Waals surface area contributed by atoms with Gasteiger partial charge in [-0.3, -0.25) is 18.1 Å². The van der Waals surface area contributed by atoms with Crippen LogP contribution in [0.15, 0.2) is 30.6 Å². The number of nitrogens with one attached hydrogen (secondary N) is 1. The molecular weight excluding hydrogens is 618 g/mol. The van der Waals surface area contributed by atoms with Crippen molar-refractivity contribution in [3.63, 3.8) is 0 Å². The van der Waals surface area contributed by atoms with E-state index in [2.05, 4.69) is 10.3 Å². The van der Waals surface area contributed by atoms with E-state index in [-0.39, 0.29) is 46.0 Å². The molecular formula is C25H29F2N4O8S3-. The van der Waals surface area contributed by atoms with Crippen molar-refractivity contribution in [1.29, 1.82) is 0 Å². The van der Waals surface area contributed by atoms with Gasteiger partial charge in [0.1, 0.15) is 21.2 Å². The second-order valence-corrected chi connectivity index (χ2v) is 14.5. The van der Waals surface area contributed by atoms with Crippen molar-refractivity contribution in [2.24, 2.45) is 0 Å². The number of ketones is 1. The average molecular weight is 648 g/mol. The Morgan fingerprint density at radius 2 is 1.76 bits per heavy atom. The maximum Gasteiger partial charge on any atom is 0.261 e. The molecule has 12 nitrogen and oxygen atoms in total. The molecule has 1 N–H and O–H groups in total. The Labute approximate surface area is 244 Å². The van der Waals surface area contributed by atoms with Gasteiger partial charge in [-0.25, -0.2) is 34.6 Å². The number of carbonyl (C=O) groups excluding carboxylic acids is 2. The number of amides is 1. The number of halogens is 2. The molecule has 1 aromatic carbocycles. The average Bonchev–Trinajstić information content (AvgIpc) is 3.27. The summed E-state index contributed by atoms with van der Waals surface area (Å²) < 4.78 is 104. The van der Waals surface area contributed by atoms with Gasteiger partial charge in [-0.15, -0.1) is 0 Å². The molecule has 17 heteroatoms. The Kier molecular flexibility index (Phi) is 10.6. The molecule has 0 aliphatic heterocycles. The molecule has 0 fully saturated rings. The van der Waals surface area contributed by atoms with Crippen molar-refractivity contribution in [2.45, 2.75) is 40.0 Å². The van der Waals surface area contributed by atoms with E-state index >= 15 is 4.39 Å². The number of benzene rings is 1. The maximum absolute atomic E-state index is 15.4. The summed E-state index contributed by atoms with van der Waals surface area (Å²) in [6.07, 6.45) is 2.65. The van der Waals surface area contributed by atoms with Gasteiger partial charge < -0.3 is 9.87 Å². The quantitative estimate of drug-likeness (QED) is 0.203. The van der Waals surface area contributed by atoms with Crippen LogP contribution >= 0.6 is 0 Å². The molecule has 0 aliphatic rings. The lowest BCUT2D eigenvalue weighted by atomic mass is 10.1. The molecule has 1 unspecified atom stereocenters. The van der Waals surface area contributed by atoms with Gasteiger partial charge in [0.25, 0.3) is 5.91 Å². The van der Waals surface area contributed by atoms with Crippen molar-refractivity contribution in [1.82, 2.24) is 8.96 Å². The molecule has 1 amide bonds. The van der Waals surface area contributed by atoms with Crippen LogP contribution < -0.4 is 9.62 Å². The lowest BCUT2D eigenvalue weighted by Crippen LogP contribution is -2.30. The number of hydrogen-bond donors (Lipinski definition) is 1. The van der Waals surface area contributed by atoms with Crippen LogP contribution in [0.1, 0.15) is 60.7 Å². The highest BCUT2D eigenvalue weighted by atomic mass is 32.2. The minimum atomic E-state index is -3.85. The Morgan fingerprint density at radius 3 is 2.36 bits per heavy atom. The number of pyridine rings is 1. The van der Waals surface area contributed by atoms with Crippen LogP contribution in [0.25, 0.3) is 11.0 Å². The lowest BCUT2D eigenvalue weighted by molar-refractivity contribution is 0.101. The molecule has 0 saturated carbocycles. The van der Waals surface area contributed by atoms with Crippen molar-refractivity contribution in [3.8, 4) is 0 Å². The van der Waals surface area contributed by atoms with Crippen LogP contribution in [0.3, 0.4) is 0 Å². The second-order valence-electron chi connectivity index (χ2n) is 9.34. The number of Topliss-reactive ketones (excluding diaryl/α,β-unsaturated/α-hetero) is 1. The van der Waals surface area contributed by atoms with Crippen molar-refractivity contribution in [2.75, 3.05) is 33.4 Å². The van der Waals surface area contributed by atoms with E-state index < -0.39 is 72.2 Å². The van der Waals surface area contributed by atoms with Gasteiger partial charge in [0.2, 0.25) is 10.0 Å². The van der Waals surface area contributed by atoms with Crippen LogP contribution in [-0.2, 0) is 31.1 Å². The van der Waals surface area contributed by atoms with Crippen molar-refractivity contribution in [3.05, 3.63) is 53.4 Å². The van der Waals surface area contributed by atoms with E-state index in [0.717, 1.165) is 22.4 Å². The first-order valence-electron chi connectivity index (χ1n) is 12.8. The van der Waals surface area contributed by atoms with Gasteiger partial charge in [0.15, 0.2) is 17.2 Å². The summed E-state index contributed by atoms with van der Waals surface area (Å²) in [5.41, 5.74) is -2.03. The predicted molar refractivity (Wildman–Crippen MR) is 153 cm³/mol. The fraction of sp³-hybridized carbons (Fsp3) is 0.400. The predicted octanol–water partition coefficient (Wildman–Crippen LogP) is 3.17. The Bertz CT molecular complexity index is 1760. The summed E-state index contributed by atoms with van der Waals surface area (Å²) in [7, 11) is -7.30. The smallest absolute Gasteiger partial charge is 0.261 e. The minimum absolute atomic E-state index is 0.0119. The van der Waals surface area contributed by atoms with Crippen LogP contribution in [-0.4, -0.2) is 70.0 Å². The van der Waals surface area contributed by atoms with Crippen LogP contribution in [0.4, 0.5) is 20.2 Å². The van der Waals surface area contributed by atoms with Gasteiger partial charge >= 0.3 is 0 Å². The monoisotopic (exact) mass is 647 g/mol. The number of anilines is 2. The minimum Gasteiger partial charge on any atom is -0.755 e. The van der Waals surface area contributed by atoms with E-state index in [4.69, 9.17) is 0 Å². The summed E-state index contributed by atoms with van der Waals surface area (Å²) >= 11 is -3.09. The summed E-state index contributed by atoms with van der Waals surface area (Å²) in [4.78, 5) is 29.2. The largest absolute Gasteiger partial charge is 0.755 e. The zero-order valence-corrected chi connectivity index (χ0v) is 25.4. The van der Waals surface area contributed by atoms with Crippen molar-refractivity contribution < 1.29 is 44.0 Å². The number of carbonyl (C=O) groups is 2. The molecule has 0 aliphatic carbocycles. The van der Waals surface area contributed by atoms with E-state index in [0.29, 0.717) is 23.2 Å². The maximum atomic E-state index is 15.4. The summed E-state index contributed by atoms with van der Waals surface area (Å²) in [5, 5.41) is 2.31. The standard InChI is InChI=1S/C25H30F2N4O8S3/c1-4-10-41(36,37)12-6-9-30(40(34)35)21-8-7-20(26)22(23(21)27)25(33)29-17-13-18-19(16(3)32)15-31(24(18)28-14-17)42(38,39)11-5-2/h7-8,13-15H,4-6,9-12H2,1-3H3,(H,29,33)(H,34,35)/p-1. The molecule has 2 aromatic heterocycles. The zero-order valence-electron chi connectivity index (χ0n) is 22.9. The topological polar surface area (TPSA) is 176 Å². The Hall–Kier alpha value is -3.28. The van der Waals surface area contributed by atoms with E-state index in [1.165, 1.54) is 13.0 Å². The van der Waals surface area contributed by atoms with E-state index in [9.17, 15) is 39.6 Å². The van der Waals surface area contributed by atoms with Gasteiger partial charge in [0.05, 0.1) is 29.1 Å². The molecule has 0 spiro atoms. The molecule has 230 valence electrons. The highest BCUT2D eigenvalue weighted by Gasteiger charge is 2.26. The van der Waals surface area contributed by atoms with Gasteiger partial charge in [-0.05, 0) is 44.4 Å². The number of aromatic nitrogens is 2. The van der Waals surface area contributed by atoms with Gasteiger partial charge in [-0.1, -0.05) is 13.8 Å². The molecule has 0 bridgehead atoms. The molecule has 0 radical (unpaired) electrons. The first-order valence-corrected chi connectivity index (χ1v) is 17.2. The third-order valence-electron chi connectivity index (χ3n) is 6.09. The summed E-state index contributed by atoms with van der Waals surface area (Å²) in [6.45, 7) is 4.09. The summed E-state index contributed by atoms with van der Waals surface area (Å²) in [6, 6.07) is 2.73. The normalized spacial score (nSPS) is 12.8. The molecule has 3 aromatic rings. The highest BCUT2D eigenvalue weighted by Crippen LogP contribution is 2.29. The number of rotatable bonds is 14. The third-order valence-corrected chi connectivity index (χ3v) is 10.6. The first-order chi connectivity index (χ1) is 19.6. The first kappa shape index (κ1) is 33.2. The Balaban J connectivity index is 1.96. The molecule has 42 heavy (non-hydrogen) atoms. The number of hydrogen-bond acceptors (Lipinski definition) is 9. The lowest BCUT2D eigenvalue weighted by Gasteiger charge is -2.27. The SMILES string of the molecule is CCCS(=O)(=O)CCCN(c1ccc(F)c(C(=O)Nc2cnc3c(c2)c(C(C)=O)cn3S(=O)(=O)CCC)c1F)S(=O)[O-]. The van der Waals surface area contributed by atoms with Gasteiger partial charge in [0, 0.05) is 40.7 Å². The van der Waals surface area contributed by atoms with E-state index in [1.807, 2.05) is 0 Å². The zero-order chi connectivity index (χ0) is 31.4. The fourth-order valence-corrected chi connectivity index (χ4v) is 7.61. The van der Waals surface area contributed by atoms with Crippen molar-refractivity contribution >= 4 is 65.2 Å². The number of nitrogens with zero attached hydrogens (tertiary/aromatic N) is 3. The molecule has 1 atom stereocenters. The second kappa shape index (κ2) is 13.4. The fourth-order valence-electron chi connectivity index (χ4n) is 4.25. The summed E-state index contributed by atoms with van der Waals surface area (Å²) in [5.74, 6) is -5.32. The highest BCUT2D eigenvalue weighted by molar-refractivity contribution is 7.91. The Morgan fingerprint density at radius 1 is 1.10 bits per heavy atom. The van der Waals surface area contributed by atoms with Gasteiger partial charge in [-0.2, -0.15) is 0 Å². The molecule has 0 saturated heterocycles. The van der Waals surface area contributed by atoms with Crippen LogP contribution in [0.2, 0.25) is 0 Å².